The van der Waals surface area contributed by atoms with Crippen LogP contribution in [0.5, 0.6) is 0 Å². The molecule has 0 heterocycles. The Morgan fingerprint density at radius 1 is 1.15 bits per heavy atom. The van der Waals surface area contributed by atoms with E-state index in [2.05, 4.69) is 5.32 Å². The molecule has 5 nitrogen and oxygen atoms in total. The first-order chi connectivity index (χ1) is 9.38. The van der Waals surface area contributed by atoms with Crippen LogP contribution in [0, 0.1) is 6.92 Å². The molecule has 1 aromatic carbocycles. The lowest BCUT2D eigenvalue weighted by Gasteiger charge is -2.08. The van der Waals surface area contributed by atoms with Crippen LogP contribution in [0.15, 0.2) is 24.3 Å². The summed E-state index contributed by atoms with van der Waals surface area (Å²) in [6.07, 6.45) is 0.427. The standard InChI is InChI=1S/C15H19NO4/c1-10-3-5-12(6-4-10)9-13(17)7-8-14(18)16-11(2)15(19)20/h3-6,11H,7-9H2,1-2H3,(H,16,18)(H,19,20). The smallest absolute Gasteiger partial charge is 0.325 e. The lowest BCUT2D eigenvalue weighted by Crippen LogP contribution is -2.38. The van der Waals surface area contributed by atoms with Gasteiger partial charge in [-0.05, 0) is 19.4 Å². The predicted molar refractivity (Wildman–Crippen MR) is 74.4 cm³/mol. The number of amides is 1. The van der Waals surface area contributed by atoms with Gasteiger partial charge in [0.25, 0.3) is 0 Å². The fourth-order valence-corrected chi connectivity index (χ4v) is 1.65. The highest BCUT2D eigenvalue weighted by Crippen LogP contribution is 2.06. The van der Waals surface area contributed by atoms with Crippen LogP contribution in [0.4, 0.5) is 0 Å². The van der Waals surface area contributed by atoms with Gasteiger partial charge in [-0.15, -0.1) is 0 Å². The van der Waals surface area contributed by atoms with Crippen molar-refractivity contribution in [1.82, 2.24) is 5.32 Å². The number of aliphatic carboxylic acids is 1. The number of nitrogens with one attached hydrogen (secondary N) is 1. The van der Waals surface area contributed by atoms with E-state index in [-0.39, 0.29) is 18.6 Å². The molecule has 0 bridgehead atoms. The Balaban J connectivity index is 2.34. The fourth-order valence-electron chi connectivity index (χ4n) is 1.65. The third-order valence-electron chi connectivity index (χ3n) is 2.90. The third-order valence-corrected chi connectivity index (χ3v) is 2.90. The number of rotatable bonds is 7. The number of benzene rings is 1. The number of Topliss-reactive ketones (excluding diaryl/α,β-unsaturated/α-hetero) is 1. The highest BCUT2D eigenvalue weighted by molar-refractivity contribution is 5.88. The molecule has 5 heteroatoms. The summed E-state index contributed by atoms with van der Waals surface area (Å²) in [4.78, 5) is 33.7. The van der Waals surface area contributed by atoms with Crippen LogP contribution in [0.25, 0.3) is 0 Å². The van der Waals surface area contributed by atoms with Gasteiger partial charge in [-0.25, -0.2) is 0 Å². The van der Waals surface area contributed by atoms with E-state index in [9.17, 15) is 14.4 Å². The minimum absolute atomic E-state index is 0.0162. The van der Waals surface area contributed by atoms with Gasteiger partial charge in [0.15, 0.2) is 0 Å². The normalized spacial score (nSPS) is 11.7. The first-order valence-corrected chi connectivity index (χ1v) is 6.48. The second kappa shape index (κ2) is 7.43. The van der Waals surface area contributed by atoms with E-state index in [0.717, 1.165) is 11.1 Å². The van der Waals surface area contributed by atoms with Crippen molar-refractivity contribution in [3.05, 3.63) is 35.4 Å². The van der Waals surface area contributed by atoms with Crippen molar-refractivity contribution < 1.29 is 19.5 Å². The van der Waals surface area contributed by atoms with Crippen LogP contribution in [-0.2, 0) is 20.8 Å². The van der Waals surface area contributed by atoms with E-state index < -0.39 is 17.9 Å². The third kappa shape index (κ3) is 5.65. The number of carboxylic acids is 1. The SMILES string of the molecule is Cc1ccc(CC(=O)CCC(=O)NC(C)C(=O)O)cc1. The monoisotopic (exact) mass is 277 g/mol. The van der Waals surface area contributed by atoms with Gasteiger partial charge in [0.05, 0.1) is 0 Å². The van der Waals surface area contributed by atoms with Gasteiger partial charge in [0, 0.05) is 19.3 Å². The van der Waals surface area contributed by atoms with Gasteiger partial charge in [-0.2, -0.15) is 0 Å². The highest BCUT2D eigenvalue weighted by Gasteiger charge is 2.14. The second-order valence-corrected chi connectivity index (χ2v) is 4.83. The first-order valence-electron chi connectivity index (χ1n) is 6.48. The van der Waals surface area contributed by atoms with E-state index in [4.69, 9.17) is 5.11 Å². The van der Waals surface area contributed by atoms with Crippen LogP contribution < -0.4 is 5.32 Å². The van der Waals surface area contributed by atoms with Crippen molar-refractivity contribution in [2.75, 3.05) is 0 Å². The largest absolute Gasteiger partial charge is 0.480 e. The van der Waals surface area contributed by atoms with Crippen LogP contribution in [0.3, 0.4) is 0 Å². The van der Waals surface area contributed by atoms with E-state index in [0.29, 0.717) is 6.42 Å². The molecule has 0 saturated heterocycles. The maximum atomic E-state index is 11.7. The van der Waals surface area contributed by atoms with Crippen LogP contribution in [-0.4, -0.2) is 28.8 Å². The quantitative estimate of drug-likeness (QED) is 0.790. The van der Waals surface area contributed by atoms with Crippen molar-refractivity contribution in [2.45, 2.75) is 39.2 Å². The molecule has 1 unspecified atom stereocenters. The first kappa shape index (κ1) is 15.9. The molecular formula is C15H19NO4. The number of carboxylic acid groups (broad SMARTS) is 1. The van der Waals surface area contributed by atoms with E-state index in [1.165, 1.54) is 6.92 Å². The van der Waals surface area contributed by atoms with Crippen molar-refractivity contribution in [3.63, 3.8) is 0 Å². The van der Waals surface area contributed by atoms with Gasteiger partial charge < -0.3 is 10.4 Å². The van der Waals surface area contributed by atoms with Gasteiger partial charge in [0.2, 0.25) is 5.91 Å². The summed E-state index contributed by atoms with van der Waals surface area (Å²) in [5.41, 5.74) is 2.04. The van der Waals surface area contributed by atoms with Gasteiger partial charge in [-0.3, -0.25) is 14.4 Å². The number of hydrogen-bond acceptors (Lipinski definition) is 3. The predicted octanol–water partition coefficient (Wildman–Crippen LogP) is 1.48. The minimum Gasteiger partial charge on any atom is -0.480 e. The highest BCUT2D eigenvalue weighted by atomic mass is 16.4. The van der Waals surface area contributed by atoms with Crippen LogP contribution in [0.1, 0.15) is 30.9 Å². The molecule has 1 atom stereocenters. The summed E-state index contributed by atoms with van der Waals surface area (Å²) >= 11 is 0. The lowest BCUT2D eigenvalue weighted by molar-refractivity contribution is -0.141. The van der Waals surface area contributed by atoms with Gasteiger partial charge >= 0.3 is 5.97 Å². The van der Waals surface area contributed by atoms with E-state index >= 15 is 0 Å². The van der Waals surface area contributed by atoms with Gasteiger partial charge in [-0.1, -0.05) is 29.8 Å². The maximum Gasteiger partial charge on any atom is 0.325 e. The molecule has 0 saturated carbocycles. The molecule has 0 fully saturated rings. The molecule has 108 valence electrons. The Bertz CT molecular complexity index is 493. The zero-order valence-electron chi connectivity index (χ0n) is 11.7. The molecule has 1 rings (SSSR count). The summed E-state index contributed by atoms with van der Waals surface area (Å²) in [5.74, 6) is -1.55. The summed E-state index contributed by atoms with van der Waals surface area (Å²) in [6.45, 7) is 3.36. The molecular weight excluding hydrogens is 258 g/mol. The van der Waals surface area contributed by atoms with Crippen molar-refractivity contribution in [1.29, 1.82) is 0 Å². The maximum absolute atomic E-state index is 11.7. The summed E-state index contributed by atoms with van der Waals surface area (Å²) in [5, 5.41) is 11.0. The molecule has 0 aliphatic heterocycles. The average Bonchev–Trinajstić information content (AvgIpc) is 2.39. The van der Waals surface area contributed by atoms with Crippen LogP contribution >= 0.6 is 0 Å². The van der Waals surface area contributed by atoms with E-state index in [1.54, 1.807) is 0 Å². The number of aryl methyl sites for hydroxylation is 1. The molecule has 0 radical (unpaired) electrons. The number of carbonyl (C=O) groups is 3. The zero-order chi connectivity index (χ0) is 15.1. The Labute approximate surface area is 118 Å². The summed E-state index contributed by atoms with van der Waals surface area (Å²) in [6, 6.07) is 6.71. The number of hydrogen-bond donors (Lipinski definition) is 2. The molecule has 20 heavy (non-hydrogen) atoms. The number of carbonyl (C=O) groups excluding carboxylic acids is 2. The van der Waals surface area contributed by atoms with Crippen molar-refractivity contribution >= 4 is 17.7 Å². The molecule has 2 N–H and O–H groups in total. The molecule has 0 aliphatic carbocycles. The zero-order valence-corrected chi connectivity index (χ0v) is 11.7. The lowest BCUT2D eigenvalue weighted by atomic mass is 10.0. The number of ketones is 1. The Morgan fingerprint density at radius 3 is 2.30 bits per heavy atom. The van der Waals surface area contributed by atoms with Crippen molar-refractivity contribution in [2.24, 2.45) is 0 Å². The molecule has 1 amide bonds. The van der Waals surface area contributed by atoms with Crippen molar-refractivity contribution in [3.8, 4) is 0 Å². The minimum atomic E-state index is -1.09. The Hall–Kier alpha value is -2.17. The topological polar surface area (TPSA) is 83.5 Å². The van der Waals surface area contributed by atoms with Crippen LogP contribution in [0.2, 0.25) is 0 Å². The fraction of sp³-hybridized carbons (Fsp3) is 0.400. The molecule has 0 spiro atoms. The molecule has 1 aromatic rings. The average molecular weight is 277 g/mol. The van der Waals surface area contributed by atoms with E-state index in [1.807, 2.05) is 31.2 Å². The molecule has 0 aromatic heterocycles. The molecule has 0 aliphatic rings. The summed E-state index contributed by atoms with van der Waals surface area (Å²) < 4.78 is 0. The Kier molecular flexibility index (Phi) is 5.90. The second-order valence-electron chi connectivity index (χ2n) is 4.83. The Morgan fingerprint density at radius 2 is 1.75 bits per heavy atom. The summed E-state index contributed by atoms with van der Waals surface area (Å²) in [7, 11) is 0. The van der Waals surface area contributed by atoms with Gasteiger partial charge in [0.1, 0.15) is 11.8 Å².